The first kappa shape index (κ1) is 52.0. The van der Waals surface area contributed by atoms with Gasteiger partial charge in [-0.1, -0.05) is 198 Å². The van der Waals surface area contributed by atoms with Crippen LogP contribution in [-0.2, 0) is 10.8 Å². The second kappa shape index (κ2) is 20.8. The number of hydrogen-bond acceptors (Lipinski definition) is 4. The molecular formula is C81H60N2O3. The number of aromatic nitrogens is 1. The minimum Gasteiger partial charge on any atom is -0.457 e. The highest BCUT2D eigenvalue weighted by Gasteiger charge is 2.46. The van der Waals surface area contributed by atoms with Crippen molar-refractivity contribution >= 4 is 73.0 Å². The van der Waals surface area contributed by atoms with Crippen LogP contribution in [0.2, 0.25) is 0 Å². The van der Waals surface area contributed by atoms with Gasteiger partial charge < -0.3 is 23.4 Å². The number of ether oxygens (including phenoxy) is 2. The predicted octanol–water partition coefficient (Wildman–Crippen LogP) is 22.4. The molecule has 0 radical (unpaired) electrons. The first-order valence-corrected chi connectivity index (χ1v) is 29.3. The van der Waals surface area contributed by atoms with E-state index in [0.29, 0.717) is 0 Å². The van der Waals surface area contributed by atoms with Crippen molar-refractivity contribution in [1.82, 2.24) is 4.57 Å². The Bertz CT molecular complexity index is 4910. The Hall–Kier alpha value is -10.9. The molecule has 0 saturated heterocycles. The third-order valence-corrected chi connectivity index (χ3v) is 17.3. The largest absolute Gasteiger partial charge is 0.457 e. The van der Waals surface area contributed by atoms with E-state index in [0.717, 1.165) is 117 Å². The van der Waals surface area contributed by atoms with Gasteiger partial charge in [-0.3, -0.25) is 0 Å². The molecule has 412 valence electrons. The SMILES string of the molecule is C=Cc1ccc(Oc2ccc(C3(c4ccc(C(C)(C)C)cc4)c4ccccc4-c4ccc(N(c5ccc(-c6ccc7c(c6)c6cc(Oc8ccc(C=C)cc8)ccc6n7-c6ccccc6)cc5)c5cccc6oc7ccccc7c56)cc43)cc2)cc1. The molecule has 0 N–H and O–H groups in total. The molecule has 0 saturated carbocycles. The van der Waals surface area contributed by atoms with E-state index in [4.69, 9.17) is 13.9 Å². The molecule has 2 aromatic heterocycles. The Morgan fingerprint density at radius 3 is 1.66 bits per heavy atom. The molecule has 0 bridgehead atoms. The van der Waals surface area contributed by atoms with Crippen molar-refractivity contribution in [3.05, 3.63) is 325 Å². The van der Waals surface area contributed by atoms with Gasteiger partial charge in [-0.25, -0.2) is 0 Å². The maximum absolute atomic E-state index is 6.64. The highest BCUT2D eigenvalue weighted by molar-refractivity contribution is 6.14. The lowest BCUT2D eigenvalue weighted by Crippen LogP contribution is -2.29. The maximum atomic E-state index is 6.64. The fourth-order valence-corrected chi connectivity index (χ4v) is 13.1. The topological polar surface area (TPSA) is 39.8 Å². The molecule has 15 rings (SSSR count). The molecular weight excluding hydrogens is 1050 g/mol. The summed E-state index contributed by atoms with van der Waals surface area (Å²) in [4.78, 5) is 2.42. The van der Waals surface area contributed by atoms with E-state index in [1.54, 1.807) is 0 Å². The van der Waals surface area contributed by atoms with E-state index >= 15 is 0 Å². The van der Waals surface area contributed by atoms with Crippen LogP contribution in [0.4, 0.5) is 17.1 Å². The second-order valence-electron chi connectivity index (χ2n) is 23.3. The molecule has 2 heterocycles. The Morgan fingerprint density at radius 2 is 0.977 bits per heavy atom. The van der Waals surface area contributed by atoms with E-state index in [1.165, 1.54) is 33.4 Å². The first-order valence-electron chi connectivity index (χ1n) is 29.3. The molecule has 12 aromatic carbocycles. The van der Waals surface area contributed by atoms with Crippen molar-refractivity contribution in [2.24, 2.45) is 0 Å². The summed E-state index contributed by atoms with van der Waals surface area (Å²) in [5.41, 5.74) is 20.0. The zero-order chi connectivity index (χ0) is 58.1. The van der Waals surface area contributed by atoms with Crippen molar-refractivity contribution in [2.45, 2.75) is 31.6 Å². The number of rotatable bonds is 13. The van der Waals surface area contributed by atoms with Crippen molar-refractivity contribution in [3.63, 3.8) is 0 Å². The zero-order valence-electron chi connectivity index (χ0n) is 48.2. The van der Waals surface area contributed by atoms with Gasteiger partial charge in [0.15, 0.2) is 0 Å². The van der Waals surface area contributed by atoms with Crippen LogP contribution in [0.25, 0.3) is 83.8 Å². The fourth-order valence-electron chi connectivity index (χ4n) is 13.1. The molecule has 86 heavy (non-hydrogen) atoms. The number of nitrogens with zero attached hydrogens (tertiary/aromatic N) is 2. The van der Waals surface area contributed by atoms with E-state index in [2.05, 4.69) is 262 Å². The van der Waals surface area contributed by atoms with Gasteiger partial charge in [-0.2, -0.15) is 0 Å². The van der Waals surface area contributed by atoms with Crippen LogP contribution in [0.1, 0.15) is 59.7 Å². The van der Waals surface area contributed by atoms with Gasteiger partial charge >= 0.3 is 0 Å². The summed E-state index contributed by atoms with van der Waals surface area (Å²) < 4.78 is 22.0. The molecule has 1 unspecified atom stereocenters. The van der Waals surface area contributed by atoms with Gasteiger partial charge in [0, 0.05) is 33.2 Å². The normalized spacial score (nSPS) is 13.7. The highest BCUT2D eigenvalue weighted by atomic mass is 16.5. The highest BCUT2D eigenvalue weighted by Crippen LogP contribution is 2.58. The molecule has 1 aliphatic carbocycles. The van der Waals surface area contributed by atoms with Crippen LogP contribution >= 0.6 is 0 Å². The summed E-state index contributed by atoms with van der Waals surface area (Å²) in [6.45, 7) is 14.7. The minimum absolute atomic E-state index is 0.0315. The van der Waals surface area contributed by atoms with Crippen molar-refractivity contribution in [2.75, 3.05) is 4.90 Å². The van der Waals surface area contributed by atoms with E-state index in [-0.39, 0.29) is 5.41 Å². The minimum atomic E-state index is -0.710. The van der Waals surface area contributed by atoms with Crippen LogP contribution < -0.4 is 14.4 Å². The predicted molar refractivity (Wildman–Crippen MR) is 357 cm³/mol. The summed E-state index contributed by atoms with van der Waals surface area (Å²) in [7, 11) is 0. The number of fused-ring (bicyclic) bond motifs is 9. The van der Waals surface area contributed by atoms with Crippen LogP contribution in [0.5, 0.6) is 23.0 Å². The smallest absolute Gasteiger partial charge is 0.137 e. The van der Waals surface area contributed by atoms with Crippen molar-refractivity contribution < 1.29 is 13.9 Å². The average Bonchev–Trinajstić information content (AvgIpc) is 1.68. The fraction of sp³-hybridized carbons (Fsp3) is 0.0617. The Kier molecular flexibility index (Phi) is 12.6. The van der Waals surface area contributed by atoms with E-state index in [1.807, 2.05) is 66.7 Å². The van der Waals surface area contributed by atoms with Gasteiger partial charge in [-0.15, -0.1) is 0 Å². The number of benzene rings is 12. The van der Waals surface area contributed by atoms with Crippen LogP contribution in [-0.4, -0.2) is 4.57 Å². The van der Waals surface area contributed by atoms with Gasteiger partial charge in [0.05, 0.1) is 27.5 Å². The van der Waals surface area contributed by atoms with Crippen LogP contribution in [0.3, 0.4) is 0 Å². The van der Waals surface area contributed by atoms with Crippen LogP contribution in [0.15, 0.2) is 291 Å². The van der Waals surface area contributed by atoms with Gasteiger partial charge in [0.2, 0.25) is 0 Å². The summed E-state index contributed by atoms with van der Waals surface area (Å²) >= 11 is 0. The molecule has 0 aliphatic heterocycles. The van der Waals surface area contributed by atoms with E-state index in [9.17, 15) is 0 Å². The first-order chi connectivity index (χ1) is 42.1. The Balaban J connectivity index is 0.891. The standard InChI is InChI=1S/C81H60N2O3/c1-6-53-24-40-63(41-25-53)84-65-44-35-59(36-45-65)81(58-33-31-57(32-34-58)80(3,4)5)72-20-13-11-18-67(72)68-47-39-62(51-73(68)81)82(76-21-15-23-78-79(76)69-19-12-14-22-77(69)86-78)61-37-28-55(29-38-61)56-30-48-74-70(50-56)71-52-66(85-64-42-26-54(7-2)27-43-64)46-49-75(71)83(74)60-16-9-8-10-17-60/h6-52H,1-2H2,3-5H3. The quantitative estimate of drug-likeness (QED) is 0.115. The molecule has 1 aliphatic rings. The average molecular weight is 1110 g/mol. The molecule has 14 aromatic rings. The zero-order valence-corrected chi connectivity index (χ0v) is 48.2. The molecule has 1 atom stereocenters. The number of para-hydroxylation sites is 2. The lowest BCUT2D eigenvalue weighted by atomic mass is 9.67. The van der Waals surface area contributed by atoms with Gasteiger partial charge in [0.1, 0.15) is 34.2 Å². The summed E-state index contributed by atoms with van der Waals surface area (Å²) in [6, 6.07) is 97.8. The summed E-state index contributed by atoms with van der Waals surface area (Å²) in [6.07, 6.45) is 3.69. The van der Waals surface area contributed by atoms with Crippen molar-refractivity contribution in [3.8, 4) is 50.9 Å². The third-order valence-electron chi connectivity index (χ3n) is 17.3. The number of anilines is 3. The lowest BCUT2D eigenvalue weighted by molar-refractivity contribution is 0.482. The second-order valence-corrected chi connectivity index (χ2v) is 23.3. The van der Waals surface area contributed by atoms with Crippen molar-refractivity contribution in [1.29, 1.82) is 0 Å². The number of hydrogen-bond donors (Lipinski definition) is 0. The summed E-state index contributed by atoms with van der Waals surface area (Å²) in [5.74, 6) is 3.07. The van der Waals surface area contributed by atoms with E-state index < -0.39 is 5.41 Å². The third kappa shape index (κ3) is 8.78. The molecule has 0 fully saturated rings. The Labute approximate surface area is 501 Å². The molecule has 5 nitrogen and oxygen atoms in total. The summed E-state index contributed by atoms with van der Waals surface area (Å²) in [5, 5.41) is 4.34. The molecule has 0 spiro atoms. The van der Waals surface area contributed by atoms with Gasteiger partial charge in [0.25, 0.3) is 0 Å². The molecule has 0 amide bonds. The monoisotopic (exact) mass is 1110 g/mol. The lowest BCUT2D eigenvalue weighted by Gasteiger charge is -2.35. The van der Waals surface area contributed by atoms with Gasteiger partial charge in [-0.05, 0) is 188 Å². The van der Waals surface area contributed by atoms with Crippen LogP contribution in [0, 0.1) is 0 Å². The molecule has 5 heteroatoms. The number of furan rings is 1. The maximum Gasteiger partial charge on any atom is 0.137 e. The Morgan fingerprint density at radius 1 is 0.430 bits per heavy atom.